The monoisotopic (exact) mass is 393 g/mol. The van der Waals surface area contributed by atoms with Crippen molar-refractivity contribution < 1.29 is 18.5 Å². The molecule has 3 rings (SSSR count). The molecule has 144 valence electrons. The molecule has 1 N–H and O–H groups in total. The molecule has 1 aliphatic rings. The molecule has 1 aromatic heterocycles. The van der Waals surface area contributed by atoms with Crippen molar-refractivity contribution in [3.05, 3.63) is 51.6 Å². The van der Waals surface area contributed by atoms with E-state index in [9.17, 15) is 14.0 Å². The van der Waals surface area contributed by atoms with Gasteiger partial charge in [-0.05, 0) is 44.9 Å². The van der Waals surface area contributed by atoms with Crippen LogP contribution in [0.2, 0.25) is 5.02 Å². The lowest BCUT2D eigenvalue weighted by Gasteiger charge is -2.21. The lowest BCUT2D eigenvalue weighted by Crippen LogP contribution is -2.36. The van der Waals surface area contributed by atoms with Gasteiger partial charge in [-0.1, -0.05) is 16.8 Å². The second kappa shape index (κ2) is 8.08. The van der Waals surface area contributed by atoms with E-state index in [-0.39, 0.29) is 17.5 Å². The van der Waals surface area contributed by atoms with Gasteiger partial charge in [0.2, 0.25) is 5.91 Å². The van der Waals surface area contributed by atoms with Crippen LogP contribution in [0.1, 0.15) is 46.6 Å². The van der Waals surface area contributed by atoms with Crippen molar-refractivity contribution in [3.8, 4) is 0 Å². The third-order valence-corrected chi connectivity index (χ3v) is 5.08. The van der Waals surface area contributed by atoms with Crippen LogP contribution in [0.5, 0.6) is 0 Å². The molecule has 0 bridgehead atoms. The molecule has 1 atom stereocenters. The molecule has 2 aromatic rings. The fourth-order valence-electron chi connectivity index (χ4n) is 3.20. The smallest absolute Gasteiger partial charge is 0.254 e. The molecule has 0 saturated carbocycles. The summed E-state index contributed by atoms with van der Waals surface area (Å²) in [6.45, 7) is 4.59. The van der Waals surface area contributed by atoms with Crippen LogP contribution in [0, 0.1) is 19.7 Å². The van der Waals surface area contributed by atoms with E-state index < -0.39 is 11.7 Å². The Morgan fingerprint density at radius 3 is 2.89 bits per heavy atom. The Labute approximate surface area is 161 Å². The van der Waals surface area contributed by atoms with Crippen LogP contribution in [-0.4, -0.2) is 34.5 Å². The van der Waals surface area contributed by atoms with Gasteiger partial charge < -0.3 is 14.7 Å². The Morgan fingerprint density at radius 2 is 2.19 bits per heavy atom. The van der Waals surface area contributed by atoms with Gasteiger partial charge in [-0.25, -0.2) is 4.39 Å². The number of benzene rings is 1. The number of carbonyl (C=O) groups is 2. The summed E-state index contributed by atoms with van der Waals surface area (Å²) in [6, 6.07) is 3.65. The highest BCUT2D eigenvalue weighted by molar-refractivity contribution is 6.31. The number of likely N-dealkylation sites (tertiary alicyclic amines) is 1. The van der Waals surface area contributed by atoms with Crippen LogP contribution in [0.15, 0.2) is 22.7 Å². The molecule has 0 radical (unpaired) electrons. The van der Waals surface area contributed by atoms with Crippen LogP contribution in [0.3, 0.4) is 0 Å². The molecule has 6 nitrogen and oxygen atoms in total. The number of nitrogens with one attached hydrogen (secondary N) is 1. The third-order valence-electron chi connectivity index (χ3n) is 4.85. The lowest BCUT2D eigenvalue weighted by molar-refractivity contribution is -0.131. The Morgan fingerprint density at radius 1 is 1.41 bits per heavy atom. The maximum atomic E-state index is 13.9. The van der Waals surface area contributed by atoms with E-state index in [0.29, 0.717) is 43.1 Å². The Bertz CT molecular complexity index is 848. The van der Waals surface area contributed by atoms with Crippen molar-refractivity contribution in [1.82, 2.24) is 15.4 Å². The van der Waals surface area contributed by atoms with E-state index in [1.54, 1.807) is 4.90 Å². The molecule has 1 saturated heterocycles. The van der Waals surface area contributed by atoms with Crippen LogP contribution in [-0.2, 0) is 11.3 Å². The molecule has 2 heterocycles. The Balaban J connectivity index is 1.64. The standard InChI is InChI=1S/C19H21ClFN3O3/c1-11-16(12(2)27-23-11)10-24-8-7-14(4-6-18(24)25)22-19(26)15-9-13(20)3-5-17(15)21/h3,5,9,14H,4,6-8,10H2,1-2H3,(H,22,26). The summed E-state index contributed by atoms with van der Waals surface area (Å²) < 4.78 is 19.0. The topological polar surface area (TPSA) is 75.4 Å². The van der Waals surface area contributed by atoms with E-state index in [4.69, 9.17) is 16.1 Å². The lowest BCUT2D eigenvalue weighted by atomic mass is 10.1. The number of aromatic nitrogens is 1. The summed E-state index contributed by atoms with van der Waals surface area (Å²) in [5, 5.41) is 7.03. The first-order valence-electron chi connectivity index (χ1n) is 8.80. The first-order chi connectivity index (χ1) is 12.8. The zero-order valence-electron chi connectivity index (χ0n) is 15.2. The fraction of sp³-hybridized carbons (Fsp3) is 0.421. The largest absolute Gasteiger partial charge is 0.361 e. The molecule has 27 heavy (non-hydrogen) atoms. The van der Waals surface area contributed by atoms with E-state index >= 15 is 0 Å². The number of rotatable bonds is 4. The number of aryl methyl sites for hydroxylation is 2. The summed E-state index contributed by atoms with van der Waals surface area (Å²) >= 11 is 5.85. The van der Waals surface area contributed by atoms with E-state index in [1.807, 2.05) is 13.8 Å². The first-order valence-corrected chi connectivity index (χ1v) is 9.18. The van der Waals surface area contributed by atoms with Crippen molar-refractivity contribution in [2.24, 2.45) is 0 Å². The van der Waals surface area contributed by atoms with Crippen molar-refractivity contribution in [1.29, 1.82) is 0 Å². The average Bonchev–Trinajstić information content (AvgIpc) is 2.84. The number of hydrogen-bond acceptors (Lipinski definition) is 4. The maximum absolute atomic E-state index is 13.9. The normalized spacial score (nSPS) is 17.7. The number of carbonyl (C=O) groups excluding carboxylic acids is 2. The summed E-state index contributed by atoms with van der Waals surface area (Å²) in [5.41, 5.74) is 1.59. The van der Waals surface area contributed by atoms with Crippen molar-refractivity contribution in [3.63, 3.8) is 0 Å². The number of amides is 2. The molecule has 8 heteroatoms. The highest BCUT2D eigenvalue weighted by atomic mass is 35.5. The highest BCUT2D eigenvalue weighted by Crippen LogP contribution is 2.20. The van der Waals surface area contributed by atoms with Gasteiger partial charge >= 0.3 is 0 Å². The van der Waals surface area contributed by atoms with Crippen molar-refractivity contribution in [2.45, 2.75) is 45.7 Å². The van der Waals surface area contributed by atoms with E-state index in [1.165, 1.54) is 18.2 Å². The molecule has 0 aliphatic carbocycles. The highest BCUT2D eigenvalue weighted by Gasteiger charge is 2.26. The molecule has 1 unspecified atom stereocenters. The second-order valence-corrected chi connectivity index (χ2v) is 7.18. The minimum Gasteiger partial charge on any atom is -0.361 e. The molecular formula is C19H21ClFN3O3. The molecule has 1 aliphatic heterocycles. The van der Waals surface area contributed by atoms with E-state index in [0.717, 1.165) is 11.3 Å². The van der Waals surface area contributed by atoms with Gasteiger partial charge in [0.25, 0.3) is 5.91 Å². The van der Waals surface area contributed by atoms with Crippen LogP contribution >= 0.6 is 11.6 Å². The third kappa shape index (κ3) is 4.47. The zero-order valence-corrected chi connectivity index (χ0v) is 16.0. The minimum absolute atomic E-state index is 0.0145. The predicted molar refractivity (Wildman–Crippen MR) is 97.9 cm³/mol. The quantitative estimate of drug-likeness (QED) is 0.863. The van der Waals surface area contributed by atoms with Crippen molar-refractivity contribution in [2.75, 3.05) is 6.54 Å². The fourth-order valence-corrected chi connectivity index (χ4v) is 3.37. The number of hydrogen-bond donors (Lipinski definition) is 1. The summed E-state index contributed by atoms with van der Waals surface area (Å²) in [5.74, 6) is -0.431. The molecule has 0 spiro atoms. The van der Waals surface area contributed by atoms with Crippen LogP contribution in [0.25, 0.3) is 0 Å². The van der Waals surface area contributed by atoms with Gasteiger partial charge in [-0.2, -0.15) is 0 Å². The SMILES string of the molecule is Cc1noc(C)c1CN1CCC(NC(=O)c2cc(Cl)ccc2F)CCC1=O. The molecular weight excluding hydrogens is 373 g/mol. The van der Waals surface area contributed by atoms with Gasteiger partial charge in [0, 0.05) is 29.6 Å². The number of nitrogens with zero attached hydrogens (tertiary/aromatic N) is 2. The van der Waals surface area contributed by atoms with Gasteiger partial charge in [0.1, 0.15) is 11.6 Å². The Kier molecular flexibility index (Phi) is 5.79. The Hall–Kier alpha value is -2.41. The maximum Gasteiger partial charge on any atom is 0.254 e. The van der Waals surface area contributed by atoms with Gasteiger partial charge in [0.05, 0.1) is 17.8 Å². The van der Waals surface area contributed by atoms with Gasteiger partial charge in [-0.15, -0.1) is 0 Å². The summed E-state index contributed by atoms with van der Waals surface area (Å²) in [4.78, 5) is 26.6. The van der Waals surface area contributed by atoms with Crippen molar-refractivity contribution >= 4 is 23.4 Å². The summed E-state index contributed by atoms with van der Waals surface area (Å²) in [7, 11) is 0. The molecule has 1 fully saturated rings. The average molecular weight is 394 g/mol. The van der Waals surface area contributed by atoms with Crippen LogP contribution in [0.4, 0.5) is 4.39 Å². The zero-order chi connectivity index (χ0) is 19.6. The first kappa shape index (κ1) is 19.4. The predicted octanol–water partition coefficient (Wildman–Crippen LogP) is 3.40. The van der Waals surface area contributed by atoms with Gasteiger partial charge in [0.15, 0.2) is 0 Å². The van der Waals surface area contributed by atoms with Crippen LogP contribution < -0.4 is 5.32 Å². The minimum atomic E-state index is -0.623. The van der Waals surface area contributed by atoms with Gasteiger partial charge in [-0.3, -0.25) is 9.59 Å². The second-order valence-electron chi connectivity index (χ2n) is 6.74. The summed E-state index contributed by atoms with van der Waals surface area (Å²) in [6.07, 6.45) is 1.40. The van der Waals surface area contributed by atoms with E-state index in [2.05, 4.69) is 10.5 Å². The molecule has 2 amide bonds. The molecule has 1 aromatic carbocycles. The number of halogens is 2.